The highest BCUT2D eigenvalue weighted by Gasteiger charge is 2.36. The van der Waals surface area contributed by atoms with Crippen molar-refractivity contribution in [2.24, 2.45) is 0 Å². The summed E-state index contributed by atoms with van der Waals surface area (Å²) in [5.41, 5.74) is 4.37. The van der Waals surface area contributed by atoms with E-state index in [2.05, 4.69) is 45.0 Å². The molecule has 0 fully saturated rings. The molecule has 6 aromatic carbocycles. The van der Waals surface area contributed by atoms with Gasteiger partial charge in [-0.15, -0.1) is 0 Å². The molecule has 0 aliphatic heterocycles. The third-order valence-electron chi connectivity index (χ3n) is 20.2. The second-order valence-electron chi connectivity index (χ2n) is 30.1. The molecule has 0 spiro atoms. The zero-order valence-corrected chi connectivity index (χ0v) is 78.8. The Bertz CT molecular complexity index is 7720. The van der Waals surface area contributed by atoms with Crippen LogP contribution in [0.25, 0.3) is 62.0 Å². The predicted octanol–water partition coefficient (Wildman–Crippen LogP) is 12.9. The molecular weight excluding hydrogens is 1890 g/mol. The van der Waals surface area contributed by atoms with Crippen LogP contribution in [0.1, 0.15) is 51.3 Å². The summed E-state index contributed by atoms with van der Waals surface area (Å²) in [5, 5.41) is 1.87. The Morgan fingerprint density at radius 1 is 0.341 bits per heavy atom. The lowest BCUT2D eigenvalue weighted by atomic mass is 10.0. The molecule has 15 rings (SSSR count). The average Bonchev–Trinajstić information content (AvgIpc) is 1.62. The number of rotatable bonds is 29. The van der Waals surface area contributed by atoms with Gasteiger partial charge in [0.15, 0.2) is 51.8 Å². The second-order valence-corrected chi connectivity index (χ2v) is 37.7. The van der Waals surface area contributed by atoms with E-state index < -0.39 is 85.0 Å². The molecule has 0 saturated heterocycles. The summed E-state index contributed by atoms with van der Waals surface area (Å²) in [6.45, 7) is 2.46. The largest absolute Gasteiger partial charge is 0.493 e. The van der Waals surface area contributed by atoms with E-state index >= 15 is 0 Å². The lowest BCUT2D eigenvalue weighted by Gasteiger charge is -2.13. The van der Waals surface area contributed by atoms with E-state index in [0.717, 1.165) is 52.7 Å². The van der Waals surface area contributed by atoms with Crippen LogP contribution >= 0.6 is 0 Å². The lowest BCUT2D eigenvalue weighted by Crippen LogP contribution is -2.20. The Morgan fingerprint density at radius 3 is 1.01 bits per heavy atom. The molecular formula is C94H88F6N14O20S4. The summed E-state index contributed by atoms with van der Waals surface area (Å²) in [6, 6.07) is 54.9. The topological polar surface area (TPSA) is 419 Å². The van der Waals surface area contributed by atoms with Crippen LogP contribution in [-0.4, -0.2) is 177 Å². The maximum absolute atomic E-state index is 13.9. The van der Waals surface area contributed by atoms with E-state index in [0.29, 0.717) is 104 Å². The molecule has 0 atom stereocenters. The minimum Gasteiger partial charge on any atom is -0.493 e. The number of hydrogen-bond donors (Lipinski definition) is 0. The molecule has 9 heterocycles. The zero-order chi connectivity index (χ0) is 99.0. The Labute approximate surface area is 786 Å². The van der Waals surface area contributed by atoms with Crippen molar-refractivity contribution in [3.63, 3.8) is 0 Å². The van der Waals surface area contributed by atoms with Crippen LogP contribution < -0.4 is 60.1 Å². The fourth-order valence-electron chi connectivity index (χ4n) is 13.5. The number of hydrogen-bond acceptors (Lipinski definition) is 29. The number of methoxy groups -OCH3 is 8. The van der Waals surface area contributed by atoms with E-state index in [1.807, 2.05) is 42.5 Å². The summed E-state index contributed by atoms with van der Waals surface area (Å²) in [5.74, 6) is 3.92. The van der Waals surface area contributed by atoms with Gasteiger partial charge in [0.25, 0.3) is 28.7 Å². The third-order valence-corrected chi connectivity index (χ3v) is 24.2. The van der Waals surface area contributed by atoms with Crippen molar-refractivity contribution < 1.29 is 98.2 Å². The van der Waals surface area contributed by atoms with Gasteiger partial charge in [-0.25, -0.2) is 82.0 Å². The fourth-order valence-corrected chi connectivity index (χ4v) is 16.3. The van der Waals surface area contributed by atoms with Gasteiger partial charge in [-0.2, -0.15) is 23.3 Å². The fraction of sp³-hybridized carbons (Fsp3) is 0.202. The Kier molecular flexibility index (Phi) is 33.0. The first-order chi connectivity index (χ1) is 65.1. The van der Waals surface area contributed by atoms with E-state index in [9.17, 15) is 74.8 Å². The first kappa shape index (κ1) is 103. The van der Waals surface area contributed by atoms with Gasteiger partial charge >= 0.3 is 6.18 Å². The molecule has 9 aromatic heterocycles. The first-order valence-electron chi connectivity index (χ1n) is 40.6. The lowest BCUT2D eigenvalue weighted by molar-refractivity contribution is -0.141. The molecule has 138 heavy (non-hydrogen) atoms. The number of aromatic nitrogens is 14. The van der Waals surface area contributed by atoms with Crippen molar-refractivity contribution in [3.05, 3.63) is 330 Å². The van der Waals surface area contributed by atoms with Crippen LogP contribution in [0.3, 0.4) is 0 Å². The molecule has 720 valence electrons. The molecule has 34 nitrogen and oxygen atoms in total. The van der Waals surface area contributed by atoms with Crippen molar-refractivity contribution in [1.29, 1.82) is 0 Å². The number of sulfone groups is 4. The van der Waals surface area contributed by atoms with Gasteiger partial charge in [0, 0.05) is 114 Å². The standard InChI is InChI=1S/C32H26F3N3O5S.C22H21N5O5S.C20H19F2N3O5S.C20H21N3O5S.FH/c1-42-27-14-10-22(16-28(27)43-2)18-38-19-25(13-15-30(38)39)26-17-29(32(33,34)35)37-31(36-26)44(40,41)20-21-8-11-24(12-9-21)23-6-4-3-5-7-23;1-31-18-7-5-15(11-19(18)32-2)13-26-14-16(6-8-21(26)28)17-12-20(27-10-4-9-23-27)25-22(24-17)33(3,29)30;1-29-16-6-4-12(8-17(16)30-2)10-25-11-13(5-7-18(25)26)14-9-15(19(21)22)24-20(23-14)31(3,27)28;1-13-9-16(22-20(21-13)29(4,25)26)15-6-8-19(24)23(12-15)11-14-5-7-17(27-2)18(10-14)28-3;/h3-17,19H,18,20H2,1-2H3;4-12,14H,13H2,1-3H3;4-9,11,19H,10H2,1-3H3;5-10,12H,11H2,1-4H3;1H. The number of halogens is 6. The summed E-state index contributed by atoms with van der Waals surface area (Å²) in [6.07, 6.45) is 4.21. The van der Waals surface area contributed by atoms with Crippen molar-refractivity contribution in [3.8, 4) is 108 Å². The van der Waals surface area contributed by atoms with Gasteiger partial charge in [0.1, 0.15) is 11.4 Å². The third kappa shape index (κ3) is 26.1. The van der Waals surface area contributed by atoms with Gasteiger partial charge in [-0.05, 0) is 143 Å². The number of benzene rings is 6. The summed E-state index contributed by atoms with van der Waals surface area (Å²) in [4.78, 5) is 81.1. The van der Waals surface area contributed by atoms with E-state index in [-0.39, 0.29) is 73.8 Å². The van der Waals surface area contributed by atoms with E-state index in [4.69, 9.17) is 37.9 Å². The van der Waals surface area contributed by atoms with Crippen LogP contribution in [0.4, 0.5) is 26.7 Å². The SMILES string of the molecule is COc1ccc(Cn2cc(-c3cc(-n4cccn4)nc(S(C)(=O)=O)n3)ccc2=O)cc1OC.COc1ccc(Cn2cc(-c3cc(C(F)(F)F)nc(S(=O)(=O)Cc4ccc(-c5ccccc5)cc4)n3)ccc2=O)cc1OC.COc1ccc(Cn2cc(-c3cc(C(F)F)nc(S(C)(=O)=O)n3)ccc2=O)cc1OC.COc1ccc(Cn2cc(-c3cc(C)nc(S(C)(=O)=O)n3)ccc2=O)cc1OC.F. The van der Waals surface area contributed by atoms with E-state index in [1.165, 1.54) is 100 Å². The van der Waals surface area contributed by atoms with Gasteiger partial charge in [0.2, 0.25) is 60.0 Å². The van der Waals surface area contributed by atoms with Crippen molar-refractivity contribution in [2.75, 3.05) is 75.6 Å². The highest BCUT2D eigenvalue weighted by molar-refractivity contribution is 7.91. The number of nitrogens with zero attached hydrogens (tertiary/aromatic N) is 14. The molecule has 0 unspecified atom stereocenters. The summed E-state index contributed by atoms with van der Waals surface area (Å²) >= 11 is 0. The average molecular weight is 1980 g/mol. The minimum absolute atomic E-state index is 0. The zero-order valence-electron chi connectivity index (χ0n) is 75.6. The highest BCUT2D eigenvalue weighted by Crippen LogP contribution is 2.36. The summed E-state index contributed by atoms with van der Waals surface area (Å²) < 4.78 is 216. The van der Waals surface area contributed by atoms with Gasteiger partial charge in [-0.3, -0.25) is 23.9 Å². The number of aryl methyl sites for hydroxylation is 1. The van der Waals surface area contributed by atoms with E-state index in [1.54, 1.807) is 175 Å². The van der Waals surface area contributed by atoms with Crippen molar-refractivity contribution >= 4 is 39.3 Å². The van der Waals surface area contributed by atoms with Crippen molar-refractivity contribution in [2.45, 2.75) is 72.1 Å². The number of pyridine rings is 4. The predicted molar refractivity (Wildman–Crippen MR) is 498 cm³/mol. The maximum atomic E-state index is 13.9. The number of alkyl halides is 5. The van der Waals surface area contributed by atoms with Crippen LogP contribution in [0, 0.1) is 6.92 Å². The minimum atomic E-state index is -4.95. The molecule has 0 aliphatic carbocycles. The van der Waals surface area contributed by atoms with Gasteiger partial charge in [0.05, 0.1) is 112 Å². The molecule has 0 aliphatic rings. The molecule has 0 bridgehead atoms. The van der Waals surface area contributed by atoms with Crippen LogP contribution in [0.5, 0.6) is 46.0 Å². The molecule has 15 aromatic rings. The molecule has 44 heteroatoms. The van der Waals surface area contributed by atoms with Crippen LogP contribution in [0.15, 0.2) is 283 Å². The highest BCUT2D eigenvalue weighted by atomic mass is 32.2. The van der Waals surface area contributed by atoms with Gasteiger partial charge < -0.3 is 56.2 Å². The monoisotopic (exact) mass is 1970 g/mol. The smallest absolute Gasteiger partial charge is 0.433 e. The summed E-state index contributed by atoms with van der Waals surface area (Å²) in [7, 11) is -3.42. The maximum Gasteiger partial charge on any atom is 0.433 e. The molecule has 0 N–H and O–H groups in total. The molecule has 0 amide bonds. The molecule has 0 saturated carbocycles. The Balaban J connectivity index is 0.000000178. The first-order valence-corrected chi connectivity index (χ1v) is 47.9. The Morgan fingerprint density at radius 2 is 0.667 bits per heavy atom. The molecule has 0 radical (unpaired) electrons. The number of ether oxygens (including phenoxy) is 8. The van der Waals surface area contributed by atoms with Crippen molar-refractivity contribution in [1.82, 2.24) is 67.9 Å². The second kappa shape index (κ2) is 44.3. The van der Waals surface area contributed by atoms with Gasteiger partial charge in [-0.1, -0.05) is 78.9 Å². The Hall–Kier alpha value is -15.6. The van der Waals surface area contributed by atoms with Crippen LogP contribution in [-0.2, 0) is 77.5 Å². The quantitative estimate of drug-likeness (QED) is 0.0310. The normalized spacial score (nSPS) is 11.4. The van der Waals surface area contributed by atoms with Crippen LogP contribution in [0.2, 0.25) is 0 Å².